The van der Waals surface area contributed by atoms with Gasteiger partial charge in [-0.1, -0.05) is 18.2 Å². The molecule has 2 amide bonds. The molecule has 0 bridgehead atoms. The van der Waals surface area contributed by atoms with Gasteiger partial charge in [0.1, 0.15) is 5.82 Å². The van der Waals surface area contributed by atoms with Crippen LogP contribution in [0.4, 0.5) is 10.1 Å². The minimum atomic E-state index is -0.220. The van der Waals surface area contributed by atoms with Crippen molar-refractivity contribution >= 4 is 17.5 Å². The molecule has 0 radical (unpaired) electrons. The maximum Gasteiger partial charge on any atom is 0.251 e. The summed E-state index contributed by atoms with van der Waals surface area (Å²) < 4.78 is 13.0. The van der Waals surface area contributed by atoms with E-state index in [2.05, 4.69) is 15.5 Å². The lowest BCUT2D eigenvalue weighted by Crippen LogP contribution is -2.44. The average molecular weight is 369 g/mol. The summed E-state index contributed by atoms with van der Waals surface area (Å²) in [5.74, 6) is -0.511. The lowest BCUT2D eigenvalue weighted by Gasteiger charge is -2.32. The molecule has 0 atom stereocenters. The molecular weight excluding hydrogens is 345 g/mol. The highest BCUT2D eigenvalue weighted by Crippen LogP contribution is 2.16. The molecule has 1 fully saturated rings. The number of hydrogen-bond acceptors (Lipinski definition) is 3. The van der Waals surface area contributed by atoms with E-state index < -0.39 is 0 Å². The number of carbonyl (C=O) groups is 2. The Morgan fingerprint density at radius 1 is 1.11 bits per heavy atom. The van der Waals surface area contributed by atoms with Gasteiger partial charge in [-0.2, -0.15) is 0 Å². The van der Waals surface area contributed by atoms with Crippen molar-refractivity contribution < 1.29 is 14.0 Å². The summed E-state index contributed by atoms with van der Waals surface area (Å²) in [5, 5.41) is 5.77. The molecule has 142 valence electrons. The van der Waals surface area contributed by atoms with E-state index in [0.29, 0.717) is 11.3 Å². The average Bonchev–Trinajstić information content (AvgIpc) is 2.65. The van der Waals surface area contributed by atoms with Crippen molar-refractivity contribution in [3.05, 3.63) is 65.5 Å². The Balaban J connectivity index is 1.49. The largest absolute Gasteiger partial charge is 0.349 e. The van der Waals surface area contributed by atoms with E-state index in [9.17, 15) is 14.0 Å². The van der Waals surface area contributed by atoms with Crippen LogP contribution in [0.1, 0.15) is 35.7 Å². The molecule has 0 aliphatic carbocycles. The van der Waals surface area contributed by atoms with Crippen molar-refractivity contribution in [1.29, 1.82) is 0 Å². The molecule has 2 N–H and O–H groups in total. The first-order valence-corrected chi connectivity index (χ1v) is 9.15. The number of anilines is 1. The van der Waals surface area contributed by atoms with Crippen LogP contribution in [0.3, 0.4) is 0 Å². The Hall–Kier alpha value is -2.73. The van der Waals surface area contributed by atoms with Gasteiger partial charge in [-0.25, -0.2) is 4.39 Å². The smallest absolute Gasteiger partial charge is 0.251 e. The second kappa shape index (κ2) is 8.77. The van der Waals surface area contributed by atoms with Crippen LogP contribution in [-0.4, -0.2) is 35.8 Å². The summed E-state index contributed by atoms with van der Waals surface area (Å²) in [6, 6.07) is 13.7. The van der Waals surface area contributed by atoms with Gasteiger partial charge in [0, 0.05) is 43.9 Å². The third-order valence-electron chi connectivity index (χ3n) is 4.69. The second-order valence-corrected chi connectivity index (χ2v) is 6.91. The van der Waals surface area contributed by atoms with E-state index in [-0.39, 0.29) is 23.7 Å². The van der Waals surface area contributed by atoms with Gasteiger partial charge in [0.05, 0.1) is 0 Å². The predicted octanol–water partition coefficient (Wildman–Crippen LogP) is 3.18. The Bertz CT molecular complexity index is 799. The first kappa shape index (κ1) is 19.0. The third-order valence-corrected chi connectivity index (χ3v) is 4.69. The van der Waals surface area contributed by atoms with Crippen molar-refractivity contribution in [2.45, 2.75) is 32.4 Å². The number of rotatable bonds is 5. The fourth-order valence-electron chi connectivity index (χ4n) is 3.29. The summed E-state index contributed by atoms with van der Waals surface area (Å²) >= 11 is 0. The zero-order valence-corrected chi connectivity index (χ0v) is 15.4. The molecule has 2 aromatic carbocycles. The van der Waals surface area contributed by atoms with E-state index in [1.165, 1.54) is 19.1 Å². The molecule has 2 aromatic rings. The molecule has 3 rings (SSSR count). The van der Waals surface area contributed by atoms with Gasteiger partial charge in [-0.15, -0.1) is 0 Å². The summed E-state index contributed by atoms with van der Waals surface area (Å²) in [6.07, 6.45) is 1.75. The Kier molecular flexibility index (Phi) is 6.19. The van der Waals surface area contributed by atoms with E-state index >= 15 is 0 Å². The topological polar surface area (TPSA) is 61.4 Å². The number of nitrogens with zero attached hydrogens (tertiary/aromatic N) is 1. The van der Waals surface area contributed by atoms with Gasteiger partial charge >= 0.3 is 0 Å². The van der Waals surface area contributed by atoms with E-state index in [4.69, 9.17) is 0 Å². The summed E-state index contributed by atoms with van der Waals surface area (Å²) in [7, 11) is 0. The number of likely N-dealkylation sites (tertiary alicyclic amines) is 1. The van der Waals surface area contributed by atoms with E-state index in [1.54, 1.807) is 24.3 Å². The van der Waals surface area contributed by atoms with Crippen LogP contribution in [0.5, 0.6) is 0 Å². The Morgan fingerprint density at radius 2 is 1.81 bits per heavy atom. The molecule has 27 heavy (non-hydrogen) atoms. The van der Waals surface area contributed by atoms with E-state index in [0.717, 1.165) is 38.0 Å². The second-order valence-electron chi connectivity index (χ2n) is 6.91. The normalized spacial score (nSPS) is 15.3. The Labute approximate surface area is 158 Å². The van der Waals surface area contributed by atoms with Crippen molar-refractivity contribution in [2.24, 2.45) is 0 Å². The summed E-state index contributed by atoms with van der Waals surface area (Å²) in [6.45, 7) is 3.99. The Morgan fingerprint density at radius 3 is 2.48 bits per heavy atom. The fourth-order valence-corrected chi connectivity index (χ4v) is 3.29. The first-order chi connectivity index (χ1) is 13.0. The van der Waals surface area contributed by atoms with Crippen LogP contribution in [0.25, 0.3) is 0 Å². The SMILES string of the molecule is CC(=O)Nc1cccc(C(=O)NC2CCN(Cc3ccc(F)cc3)CC2)c1. The molecule has 1 saturated heterocycles. The van der Waals surface area contributed by atoms with Crippen molar-refractivity contribution in [2.75, 3.05) is 18.4 Å². The number of hydrogen-bond donors (Lipinski definition) is 2. The standard InChI is InChI=1S/C21H24FN3O2/c1-15(26)23-20-4-2-3-17(13-20)21(27)24-19-9-11-25(12-10-19)14-16-5-7-18(22)8-6-16/h2-8,13,19H,9-12,14H2,1H3,(H,23,26)(H,24,27). The number of halogens is 1. The zero-order valence-electron chi connectivity index (χ0n) is 15.4. The van der Waals surface area contributed by atoms with Crippen molar-refractivity contribution in [3.63, 3.8) is 0 Å². The molecule has 0 spiro atoms. The maximum absolute atomic E-state index is 13.0. The third kappa shape index (κ3) is 5.62. The van der Waals surface area contributed by atoms with Crippen molar-refractivity contribution in [1.82, 2.24) is 10.2 Å². The fraction of sp³-hybridized carbons (Fsp3) is 0.333. The maximum atomic E-state index is 13.0. The molecule has 1 aliphatic rings. The molecule has 0 unspecified atom stereocenters. The number of carbonyl (C=O) groups excluding carboxylic acids is 2. The van der Waals surface area contributed by atoms with Gasteiger partial charge in [-0.3, -0.25) is 14.5 Å². The highest BCUT2D eigenvalue weighted by atomic mass is 19.1. The van der Waals surface area contributed by atoms with E-state index in [1.807, 2.05) is 12.1 Å². The predicted molar refractivity (Wildman–Crippen MR) is 103 cm³/mol. The van der Waals surface area contributed by atoms with Crippen LogP contribution in [0.2, 0.25) is 0 Å². The lowest BCUT2D eigenvalue weighted by molar-refractivity contribution is -0.114. The minimum absolute atomic E-state index is 0.126. The van der Waals surface area contributed by atoms with Gasteiger partial charge in [0.2, 0.25) is 5.91 Å². The number of nitrogens with one attached hydrogen (secondary N) is 2. The highest BCUT2D eigenvalue weighted by Gasteiger charge is 2.21. The zero-order chi connectivity index (χ0) is 19.2. The van der Waals surface area contributed by atoms with Crippen LogP contribution in [0, 0.1) is 5.82 Å². The number of amides is 2. The molecule has 0 saturated carbocycles. The first-order valence-electron chi connectivity index (χ1n) is 9.15. The molecular formula is C21H24FN3O2. The summed E-state index contributed by atoms with van der Waals surface area (Å²) in [4.78, 5) is 25.9. The van der Waals surface area contributed by atoms with Gasteiger partial charge in [0.25, 0.3) is 5.91 Å². The molecule has 5 nitrogen and oxygen atoms in total. The highest BCUT2D eigenvalue weighted by molar-refractivity contribution is 5.96. The van der Waals surface area contributed by atoms with Crippen molar-refractivity contribution in [3.8, 4) is 0 Å². The molecule has 1 heterocycles. The minimum Gasteiger partial charge on any atom is -0.349 e. The van der Waals surface area contributed by atoms with Crippen LogP contribution >= 0.6 is 0 Å². The van der Waals surface area contributed by atoms with Gasteiger partial charge < -0.3 is 10.6 Å². The lowest BCUT2D eigenvalue weighted by atomic mass is 10.0. The number of benzene rings is 2. The monoisotopic (exact) mass is 369 g/mol. The van der Waals surface area contributed by atoms with Gasteiger partial charge in [0.15, 0.2) is 0 Å². The summed E-state index contributed by atoms with van der Waals surface area (Å²) in [5.41, 5.74) is 2.24. The molecule has 0 aromatic heterocycles. The molecule has 6 heteroatoms. The van der Waals surface area contributed by atoms with Crippen LogP contribution < -0.4 is 10.6 Å². The van der Waals surface area contributed by atoms with Crippen LogP contribution in [0.15, 0.2) is 48.5 Å². The quantitative estimate of drug-likeness (QED) is 0.851. The van der Waals surface area contributed by atoms with Crippen LogP contribution in [-0.2, 0) is 11.3 Å². The van der Waals surface area contributed by atoms with Gasteiger partial charge in [-0.05, 0) is 48.7 Å². The number of piperidine rings is 1. The molecule has 1 aliphatic heterocycles.